The number of phenolic OH excluding ortho intramolecular Hbond substituents is 1. The van der Waals surface area contributed by atoms with Crippen LogP contribution < -0.4 is 10.5 Å². The molecule has 0 radical (unpaired) electrons. The summed E-state index contributed by atoms with van der Waals surface area (Å²) in [6.07, 6.45) is 1.32. The van der Waals surface area contributed by atoms with Gasteiger partial charge in [0.1, 0.15) is 5.75 Å². The van der Waals surface area contributed by atoms with Crippen molar-refractivity contribution in [2.75, 3.05) is 5.32 Å². The molecule has 2 rings (SSSR count). The molecule has 0 aliphatic rings. The van der Waals surface area contributed by atoms with E-state index >= 15 is 0 Å². The molecule has 0 fully saturated rings. The number of amides is 1. The van der Waals surface area contributed by atoms with Gasteiger partial charge in [-0.3, -0.25) is 4.79 Å². The number of sulfonamides is 1. The van der Waals surface area contributed by atoms with Gasteiger partial charge >= 0.3 is 0 Å². The number of nitrogens with two attached hydrogens (primary N) is 1. The fraction of sp³-hybridized carbons (Fsp3) is 0. The number of hydrogen-bond donors (Lipinski definition) is 3. The molecule has 0 aliphatic carbocycles. The zero-order valence-corrected chi connectivity index (χ0v) is 10.3. The standard InChI is InChI=1S/C11H10N2O5S/c12-19(16,17)7-3-4-9(14)8(6-7)13-11(15)10-2-1-5-18-10/h1-6,14H,(H,13,15)(H2,12,16,17). The summed E-state index contributed by atoms with van der Waals surface area (Å²) < 4.78 is 27.2. The molecule has 100 valence electrons. The maximum atomic E-state index is 11.7. The third kappa shape index (κ3) is 2.92. The van der Waals surface area contributed by atoms with E-state index in [4.69, 9.17) is 9.56 Å². The predicted molar refractivity (Wildman–Crippen MR) is 66.1 cm³/mol. The molecule has 0 unspecified atom stereocenters. The fourth-order valence-electron chi connectivity index (χ4n) is 1.38. The number of carbonyl (C=O) groups is 1. The van der Waals surface area contributed by atoms with Crippen molar-refractivity contribution in [3.8, 4) is 5.75 Å². The Bertz CT molecular complexity index is 707. The number of primary sulfonamides is 1. The van der Waals surface area contributed by atoms with E-state index in [1.54, 1.807) is 0 Å². The van der Waals surface area contributed by atoms with E-state index < -0.39 is 15.9 Å². The van der Waals surface area contributed by atoms with E-state index in [-0.39, 0.29) is 22.1 Å². The highest BCUT2D eigenvalue weighted by Gasteiger charge is 2.15. The van der Waals surface area contributed by atoms with Gasteiger partial charge in [-0.1, -0.05) is 0 Å². The minimum absolute atomic E-state index is 0.0282. The second kappa shape index (κ2) is 4.75. The van der Waals surface area contributed by atoms with Gasteiger partial charge in [-0.05, 0) is 30.3 Å². The van der Waals surface area contributed by atoms with Crippen LogP contribution in [0.5, 0.6) is 5.75 Å². The Balaban J connectivity index is 2.32. The van der Waals surface area contributed by atoms with E-state index in [0.29, 0.717) is 0 Å². The second-order valence-corrected chi connectivity index (χ2v) is 5.22. The van der Waals surface area contributed by atoms with Crippen LogP contribution in [0.1, 0.15) is 10.6 Å². The number of phenols is 1. The van der Waals surface area contributed by atoms with Crippen molar-refractivity contribution in [1.29, 1.82) is 0 Å². The molecule has 8 heteroatoms. The van der Waals surface area contributed by atoms with E-state index in [0.717, 1.165) is 18.2 Å². The summed E-state index contributed by atoms with van der Waals surface area (Å²) in [6.45, 7) is 0. The van der Waals surface area contributed by atoms with Crippen molar-refractivity contribution in [3.63, 3.8) is 0 Å². The smallest absolute Gasteiger partial charge is 0.291 e. The van der Waals surface area contributed by atoms with Crippen LogP contribution in [-0.4, -0.2) is 19.4 Å². The van der Waals surface area contributed by atoms with Gasteiger partial charge in [0.2, 0.25) is 10.0 Å². The predicted octanol–water partition coefficient (Wildman–Crippen LogP) is 0.885. The van der Waals surface area contributed by atoms with Gasteiger partial charge in [0.15, 0.2) is 5.76 Å². The molecule has 0 atom stereocenters. The zero-order valence-electron chi connectivity index (χ0n) is 9.53. The highest BCUT2D eigenvalue weighted by Crippen LogP contribution is 2.26. The SMILES string of the molecule is NS(=O)(=O)c1ccc(O)c(NC(=O)c2ccco2)c1. The Morgan fingerprint density at radius 2 is 2.05 bits per heavy atom. The molecule has 1 aromatic carbocycles. The molecule has 1 aromatic heterocycles. The number of carbonyl (C=O) groups excluding carboxylic acids is 1. The van der Waals surface area contributed by atoms with E-state index in [2.05, 4.69) is 5.32 Å². The van der Waals surface area contributed by atoms with Crippen molar-refractivity contribution in [2.24, 2.45) is 5.14 Å². The molecule has 19 heavy (non-hydrogen) atoms. The number of rotatable bonds is 3. The van der Waals surface area contributed by atoms with Crippen LogP contribution >= 0.6 is 0 Å². The summed E-state index contributed by atoms with van der Waals surface area (Å²) in [6, 6.07) is 6.27. The molecule has 4 N–H and O–H groups in total. The monoisotopic (exact) mass is 282 g/mol. The van der Waals surface area contributed by atoms with Crippen molar-refractivity contribution in [1.82, 2.24) is 0 Å². The first-order valence-electron chi connectivity index (χ1n) is 5.08. The van der Waals surface area contributed by atoms with Crippen molar-refractivity contribution < 1.29 is 22.7 Å². The summed E-state index contributed by atoms with van der Waals surface area (Å²) in [4.78, 5) is 11.5. The molecule has 1 amide bonds. The van der Waals surface area contributed by atoms with Gasteiger partial charge in [-0.2, -0.15) is 0 Å². The number of hydrogen-bond acceptors (Lipinski definition) is 5. The van der Waals surface area contributed by atoms with Crippen LogP contribution in [0.3, 0.4) is 0 Å². The number of nitrogens with one attached hydrogen (secondary N) is 1. The van der Waals surface area contributed by atoms with E-state index in [1.165, 1.54) is 18.4 Å². The lowest BCUT2D eigenvalue weighted by atomic mass is 10.3. The highest BCUT2D eigenvalue weighted by atomic mass is 32.2. The van der Waals surface area contributed by atoms with E-state index in [1.807, 2.05) is 0 Å². The number of anilines is 1. The van der Waals surface area contributed by atoms with Crippen LogP contribution in [0.2, 0.25) is 0 Å². The molecule has 1 heterocycles. The minimum Gasteiger partial charge on any atom is -0.506 e. The minimum atomic E-state index is -3.92. The zero-order chi connectivity index (χ0) is 14.0. The molecule has 7 nitrogen and oxygen atoms in total. The molecule has 2 aromatic rings. The van der Waals surface area contributed by atoms with Crippen molar-refractivity contribution in [2.45, 2.75) is 4.90 Å². The Morgan fingerprint density at radius 3 is 2.63 bits per heavy atom. The molecule has 0 bridgehead atoms. The quantitative estimate of drug-likeness (QED) is 0.721. The lowest BCUT2D eigenvalue weighted by Gasteiger charge is -2.07. The molecule has 0 saturated heterocycles. The first kappa shape index (κ1) is 13.1. The lowest BCUT2D eigenvalue weighted by molar-refractivity contribution is 0.0996. The number of aromatic hydroxyl groups is 1. The van der Waals surface area contributed by atoms with Gasteiger partial charge in [-0.25, -0.2) is 13.6 Å². The van der Waals surface area contributed by atoms with Gasteiger partial charge in [0, 0.05) is 0 Å². The second-order valence-electron chi connectivity index (χ2n) is 3.66. The summed E-state index contributed by atoms with van der Waals surface area (Å²) in [7, 11) is -3.92. The largest absolute Gasteiger partial charge is 0.506 e. The van der Waals surface area contributed by atoms with Gasteiger partial charge in [0.25, 0.3) is 5.91 Å². The molecule has 0 spiro atoms. The van der Waals surface area contributed by atoms with Crippen LogP contribution in [0, 0.1) is 0 Å². The van der Waals surface area contributed by atoms with Gasteiger partial charge < -0.3 is 14.8 Å². The van der Waals surface area contributed by atoms with Crippen LogP contribution in [0.15, 0.2) is 45.9 Å². The molecular weight excluding hydrogens is 272 g/mol. The summed E-state index contributed by atoms with van der Waals surface area (Å²) in [5.74, 6) is -0.875. The molecular formula is C11H10N2O5S. The normalized spacial score (nSPS) is 11.2. The summed E-state index contributed by atoms with van der Waals surface area (Å²) in [5.41, 5.74) is -0.0760. The average Bonchev–Trinajstić information content (AvgIpc) is 2.84. The Labute approximate surface area is 108 Å². The van der Waals surface area contributed by atoms with Gasteiger partial charge in [0.05, 0.1) is 16.8 Å². The van der Waals surface area contributed by atoms with Crippen LogP contribution in [-0.2, 0) is 10.0 Å². The number of furan rings is 1. The average molecular weight is 282 g/mol. The topological polar surface area (TPSA) is 123 Å². The highest BCUT2D eigenvalue weighted by molar-refractivity contribution is 7.89. The van der Waals surface area contributed by atoms with Crippen molar-refractivity contribution >= 4 is 21.6 Å². The third-order valence-electron chi connectivity index (χ3n) is 2.29. The Kier molecular flexibility index (Phi) is 3.28. The number of benzene rings is 1. The third-order valence-corrected chi connectivity index (χ3v) is 3.20. The maximum absolute atomic E-state index is 11.7. The first-order valence-corrected chi connectivity index (χ1v) is 6.63. The summed E-state index contributed by atoms with van der Waals surface area (Å²) >= 11 is 0. The Hall–Kier alpha value is -2.32. The van der Waals surface area contributed by atoms with Crippen LogP contribution in [0.4, 0.5) is 5.69 Å². The molecule has 0 saturated carbocycles. The van der Waals surface area contributed by atoms with Crippen LogP contribution in [0.25, 0.3) is 0 Å². The maximum Gasteiger partial charge on any atom is 0.291 e. The first-order chi connectivity index (χ1) is 8.88. The fourth-order valence-corrected chi connectivity index (χ4v) is 1.92. The Morgan fingerprint density at radius 1 is 1.32 bits per heavy atom. The molecule has 0 aliphatic heterocycles. The van der Waals surface area contributed by atoms with Crippen molar-refractivity contribution in [3.05, 3.63) is 42.4 Å². The lowest BCUT2D eigenvalue weighted by Crippen LogP contribution is -2.14. The summed E-state index contributed by atoms with van der Waals surface area (Å²) in [5, 5.41) is 16.8. The van der Waals surface area contributed by atoms with E-state index in [9.17, 15) is 18.3 Å². The van der Waals surface area contributed by atoms with Gasteiger partial charge in [-0.15, -0.1) is 0 Å².